The highest BCUT2D eigenvalue weighted by Crippen LogP contribution is 2.19. The summed E-state index contributed by atoms with van der Waals surface area (Å²) in [6, 6.07) is 0. The number of hydrogen-bond donors (Lipinski definition) is 2. The first-order chi connectivity index (χ1) is 7.26. The summed E-state index contributed by atoms with van der Waals surface area (Å²) in [5.74, 6) is 0. The predicted molar refractivity (Wildman–Crippen MR) is 64.2 cm³/mol. The van der Waals surface area contributed by atoms with Gasteiger partial charge in [0.05, 0.1) is 12.7 Å². The number of hydrogen-bond acceptors (Lipinski definition) is 3. The molecule has 1 saturated heterocycles. The SMILES string of the molecule is CCC(CC)(CC)NCC1CNCCO1. The molecule has 90 valence electrons. The van der Waals surface area contributed by atoms with Gasteiger partial charge in [-0.05, 0) is 19.3 Å². The Bertz CT molecular complexity index is 155. The number of morpholine rings is 1. The Morgan fingerprint density at radius 2 is 1.93 bits per heavy atom. The van der Waals surface area contributed by atoms with E-state index in [2.05, 4.69) is 31.4 Å². The minimum atomic E-state index is 0.320. The molecule has 1 aliphatic heterocycles. The van der Waals surface area contributed by atoms with Crippen molar-refractivity contribution < 1.29 is 4.74 Å². The van der Waals surface area contributed by atoms with Crippen LogP contribution in [0.1, 0.15) is 40.0 Å². The fourth-order valence-corrected chi connectivity index (χ4v) is 2.21. The van der Waals surface area contributed by atoms with E-state index in [0.29, 0.717) is 11.6 Å². The normalized spacial score (nSPS) is 23.0. The predicted octanol–water partition coefficient (Wildman–Crippen LogP) is 1.53. The van der Waals surface area contributed by atoms with E-state index in [1.54, 1.807) is 0 Å². The summed E-state index contributed by atoms with van der Waals surface area (Å²) < 4.78 is 5.68. The van der Waals surface area contributed by atoms with Crippen LogP contribution < -0.4 is 10.6 Å². The van der Waals surface area contributed by atoms with Crippen molar-refractivity contribution in [3.8, 4) is 0 Å². The van der Waals surface area contributed by atoms with E-state index < -0.39 is 0 Å². The van der Waals surface area contributed by atoms with Crippen LogP contribution in [0.15, 0.2) is 0 Å². The van der Waals surface area contributed by atoms with Crippen LogP contribution in [0.5, 0.6) is 0 Å². The molecular formula is C12H26N2O. The van der Waals surface area contributed by atoms with E-state index in [-0.39, 0.29) is 0 Å². The summed E-state index contributed by atoms with van der Waals surface area (Å²) in [6.07, 6.45) is 3.93. The lowest BCUT2D eigenvalue weighted by atomic mass is 9.89. The maximum atomic E-state index is 5.68. The Morgan fingerprint density at radius 1 is 1.27 bits per heavy atom. The van der Waals surface area contributed by atoms with Gasteiger partial charge in [-0.15, -0.1) is 0 Å². The largest absolute Gasteiger partial charge is 0.374 e. The maximum absolute atomic E-state index is 5.68. The molecule has 0 aromatic carbocycles. The monoisotopic (exact) mass is 214 g/mol. The van der Waals surface area contributed by atoms with Crippen LogP contribution in [-0.4, -0.2) is 37.9 Å². The van der Waals surface area contributed by atoms with E-state index in [0.717, 1.165) is 26.2 Å². The Hall–Kier alpha value is -0.120. The summed E-state index contributed by atoms with van der Waals surface area (Å²) in [5.41, 5.74) is 0.320. The van der Waals surface area contributed by atoms with Gasteiger partial charge in [0.1, 0.15) is 0 Å². The molecule has 0 aromatic rings. The fourth-order valence-electron chi connectivity index (χ4n) is 2.21. The van der Waals surface area contributed by atoms with Crippen molar-refractivity contribution >= 4 is 0 Å². The summed E-state index contributed by atoms with van der Waals surface area (Å²) in [4.78, 5) is 0. The molecule has 1 aliphatic rings. The molecule has 0 spiro atoms. The van der Waals surface area contributed by atoms with Crippen LogP contribution in [0.25, 0.3) is 0 Å². The zero-order chi connectivity index (χ0) is 11.1. The Labute approximate surface area is 94.0 Å². The van der Waals surface area contributed by atoms with Gasteiger partial charge in [-0.2, -0.15) is 0 Å². The molecule has 0 amide bonds. The van der Waals surface area contributed by atoms with Gasteiger partial charge in [0, 0.05) is 25.2 Å². The van der Waals surface area contributed by atoms with Gasteiger partial charge >= 0.3 is 0 Å². The first kappa shape index (κ1) is 12.9. The molecule has 0 aliphatic carbocycles. The Morgan fingerprint density at radius 3 is 2.40 bits per heavy atom. The van der Waals surface area contributed by atoms with Gasteiger partial charge in [0.15, 0.2) is 0 Å². The zero-order valence-electron chi connectivity index (χ0n) is 10.4. The van der Waals surface area contributed by atoms with Crippen molar-refractivity contribution in [2.24, 2.45) is 0 Å². The van der Waals surface area contributed by atoms with Crippen LogP contribution in [0.3, 0.4) is 0 Å². The third-order valence-corrected chi connectivity index (χ3v) is 3.74. The molecule has 3 heteroatoms. The fraction of sp³-hybridized carbons (Fsp3) is 1.00. The summed E-state index contributed by atoms with van der Waals surface area (Å²) in [5, 5.41) is 7.05. The highest BCUT2D eigenvalue weighted by molar-refractivity contribution is 4.85. The highest BCUT2D eigenvalue weighted by atomic mass is 16.5. The average molecular weight is 214 g/mol. The van der Waals surface area contributed by atoms with Gasteiger partial charge in [-0.1, -0.05) is 20.8 Å². The van der Waals surface area contributed by atoms with Gasteiger partial charge in [0.2, 0.25) is 0 Å². The van der Waals surface area contributed by atoms with Crippen LogP contribution in [0.4, 0.5) is 0 Å². The second-order valence-corrected chi connectivity index (χ2v) is 4.42. The second-order valence-electron chi connectivity index (χ2n) is 4.42. The van der Waals surface area contributed by atoms with Gasteiger partial charge in [0.25, 0.3) is 0 Å². The third kappa shape index (κ3) is 3.74. The quantitative estimate of drug-likeness (QED) is 0.703. The highest BCUT2D eigenvalue weighted by Gasteiger charge is 2.24. The van der Waals surface area contributed by atoms with Crippen molar-refractivity contribution in [1.82, 2.24) is 10.6 Å². The molecule has 0 aromatic heterocycles. The lowest BCUT2D eigenvalue weighted by Crippen LogP contribution is -2.51. The molecule has 1 unspecified atom stereocenters. The van der Waals surface area contributed by atoms with Gasteiger partial charge in [-0.25, -0.2) is 0 Å². The molecule has 1 rings (SSSR count). The number of ether oxygens (including phenoxy) is 1. The van der Waals surface area contributed by atoms with Crippen LogP contribution in [-0.2, 0) is 4.74 Å². The molecular weight excluding hydrogens is 188 g/mol. The molecule has 1 fully saturated rings. The van der Waals surface area contributed by atoms with E-state index in [9.17, 15) is 0 Å². The van der Waals surface area contributed by atoms with Crippen molar-refractivity contribution in [1.29, 1.82) is 0 Å². The van der Waals surface area contributed by atoms with Crippen molar-refractivity contribution in [3.63, 3.8) is 0 Å². The third-order valence-electron chi connectivity index (χ3n) is 3.74. The number of rotatable bonds is 6. The lowest BCUT2D eigenvalue weighted by Gasteiger charge is -2.34. The van der Waals surface area contributed by atoms with Crippen LogP contribution in [0.2, 0.25) is 0 Å². The van der Waals surface area contributed by atoms with Gasteiger partial charge in [-0.3, -0.25) is 0 Å². The molecule has 0 radical (unpaired) electrons. The van der Waals surface area contributed by atoms with Gasteiger partial charge < -0.3 is 15.4 Å². The molecule has 2 N–H and O–H groups in total. The van der Waals surface area contributed by atoms with Crippen LogP contribution in [0, 0.1) is 0 Å². The van der Waals surface area contributed by atoms with Crippen molar-refractivity contribution in [2.45, 2.75) is 51.7 Å². The van der Waals surface area contributed by atoms with Crippen LogP contribution >= 0.6 is 0 Å². The Balaban J connectivity index is 2.31. The van der Waals surface area contributed by atoms with Crippen molar-refractivity contribution in [2.75, 3.05) is 26.2 Å². The minimum absolute atomic E-state index is 0.320. The molecule has 15 heavy (non-hydrogen) atoms. The molecule has 1 heterocycles. The smallest absolute Gasteiger partial charge is 0.0824 e. The van der Waals surface area contributed by atoms with E-state index in [4.69, 9.17) is 4.74 Å². The molecule has 3 nitrogen and oxygen atoms in total. The molecule has 0 bridgehead atoms. The maximum Gasteiger partial charge on any atom is 0.0824 e. The Kier molecular flexibility index (Phi) is 5.58. The number of nitrogens with one attached hydrogen (secondary N) is 2. The van der Waals surface area contributed by atoms with E-state index in [1.807, 2.05) is 0 Å². The summed E-state index contributed by atoms with van der Waals surface area (Å²) in [6.45, 7) is 10.6. The first-order valence-corrected chi connectivity index (χ1v) is 6.33. The lowest BCUT2D eigenvalue weighted by molar-refractivity contribution is 0.0230. The average Bonchev–Trinajstić information content (AvgIpc) is 2.33. The molecule has 0 saturated carbocycles. The summed E-state index contributed by atoms with van der Waals surface area (Å²) >= 11 is 0. The minimum Gasteiger partial charge on any atom is -0.374 e. The second kappa shape index (κ2) is 6.46. The van der Waals surface area contributed by atoms with E-state index >= 15 is 0 Å². The topological polar surface area (TPSA) is 33.3 Å². The standard InChI is InChI=1S/C12H26N2O/c1-4-12(5-2,6-3)14-10-11-9-13-7-8-15-11/h11,13-14H,4-10H2,1-3H3. The van der Waals surface area contributed by atoms with E-state index in [1.165, 1.54) is 19.3 Å². The van der Waals surface area contributed by atoms with Crippen molar-refractivity contribution in [3.05, 3.63) is 0 Å². The first-order valence-electron chi connectivity index (χ1n) is 6.33. The summed E-state index contributed by atoms with van der Waals surface area (Å²) in [7, 11) is 0. The molecule has 1 atom stereocenters. The zero-order valence-corrected chi connectivity index (χ0v) is 10.4.